The van der Waals surface area contributed by atoms with E-state index >= 15 is 0 Å². The Balaban J connectivity index is 0.00000144. The molecule has 94 valence electrons. The van der Waals surface area contributed by atoms with Crippen molar-refractivity contribution in [3.8, 4) is 0 Å². The van der Waals surface area contributed by atoms with Gasteiger partial charge in [-0.1, -0.05) is 0 Å². The number of ether oxygens (including phenoxy) is 1. The van der Waals surface area contributed by atoms with Crippen molar-refractivity contribution < 1.29 is 74.4 Å². The molecule has 17 heavy (non-hydrogen) atoms. The SMILES string of the molecule is [K+].[O-]CC1(CN2CCC(OC(F)(F)F)C2)CC1. The standard InChI is InChI=1S/C10H15F3NO2.K/c11-10(12,13)16-8-1-4-14(5-8)6-9(7-15)2-3-9;/h8H,1-7H2;/q-1;+1. The van der Waals surface area contributed by atoms with Gasteiger partial charge in [0, 0.05) is 19.6 Å². The average molecular weight is 277 g/mol. The quantitative estimate of drug-likeness (QED) is 0.544. The fraction of sp³-hybridized carbons (Fsp3) is 1.00. The van der Waals surface area contributed by atoms with Crippen LogP contribution < -0.4 is 56.5 Å². The summed E-state index contributed by atoms with van der Waals surface area (Å²) in [5.41, 5.74) is -0.146. The van der Waals surface area contributed by atoms with Crippen LogP contribution in [0.2, 0.25) is 0 Å². The van der Waals surface area contributed by atoms with Crippen molar-refractivity contribution in [3.05, 3.63) is 0 Å². The summed E-state index contributed by atoms with van der Waals surface area (Å²) in [7, 11) is 0. The van der Waals surface area contributed by atoms with E-state index in [-0.39, 0.29) is 63.4 Å². The van der Waals surface area contributed by atoms with E-state index in [4.69, 9.17) is 0 Å². The predicted octanol–water partition coefficient (Wildman–Crippen LogP) is -2.26. The number of likely N-dealkylation sites (tertiary alicyclic amines) is 1. The van der Waals surface area contributed by atoms with Crippen molar-refractivity contribution in [1.82, 2.24) is 4.90 Å². The topological polar surface area (TPSA) is 35.5 Å². The summed E-state index contributed by atoms with van der Waals surface area (Å²) in [5.74, 6) is 0. The molecule has 7 heteroatoms. The van der Waals surface area contributed by atoms with E-state index in [9.17, 15) is 18.3 Å². The number of hydrogen-bond donors (Lipinski definition) is 0. The van der Waals surface area contributed by atoms with Crippen molar-refractivity contribution in [2.45, 2.75) is 31.7 Å². The summed E-state index contributed by atoms with van der Waals surface area (Å²) in [6.07, 6.45) is -3.08. The van der Waals surface area contributed by atoms with Crippen LogP contribution in [0.3, 0.4) is 0 Å². The molecule has 1 saturated heterocycles. The van der Waals surface area contributed by atoms with Crippen molar-refractivity contribution in [3.63, 3.8) is 0 Å². The maximum Gasteiger partial charge on any atom is 1.00 e. The van der Waals surface area contributed by atoms with Gasteiger partial charge in [0.25, 0.3) is 0 Å². The molecular weight excluding hydrogens is 262 g/mol. The van der Waals surface area contributed by atoms with Crippen LogP contribution in [0.15, 0.2) is 0 Å². The van der Waals surface area contributed by atoms with E-state index in [1.54, 1.807) is 0 Å². The average Bonchev–Trinajstić information content (AvgIpc) is 2.80. The largest absolute Gasteiger partial charge is 1.00 e. The first kappa shape index (κ1) is 16.4. The van der Waals surface area contributed by atoms with Crippen LogP contribution >= 0.6 is 0 Å². The van der Waals surface area contributed by atoms with E-state index in [0.717, 1.165) is 12.8 Å². The van der Waals surface area contributed by atoms with Gasteiger partial charge in [-0.05, 0) is 24.7 Å². The second-order valence-electron chi connectivity index (χ2n) is 4.85. The molecule has 2 rings (SSSR count). The zero-order chi connectivity index (χ0) is 11.8. The van der Waals surface area contributed by atoms with Gasteiger partial charge in [0.05, 0.1) is 6.10 Å². The fourth-order valence-corrected chi connectivity index (χ4v) is 2.23. The van der Waals surface area contributed by atoms with Crippen LogP contribution in [0, 0.1) is 5.41 Å². The molecule has 1 aliphatic heterocycles. The first-order valence-corrected chi connectivity index (χ1v) is 5.47. The first-order chi connectivity index (χ1) is 7.42. The molecule has 0 spiro atoms. The number of alkyl halides is 3. The van der Waals surface area contributed by atoms with E-state index in [0.29, 0.717) is 26.1 Å². The Kier molecular flexibility index (Phi) is 5.94. The zero-order valence-electron chi connectivity index (χ0n) is 9.92. The Morgan fingerprint density at radius 2 is 2.00 bits per heavy atom. The van der Waals surface area contributed by atoms with Gasteiger partial charge >= 0.3 is 57.7 Å². The molecule has 2 aliphatic rings. The molecule has 0 aromatic carbocycles. The molecule has 0 radical (unpaired) electrons. The Hall–Kier alpha value is 1.31. The molecule has 0 amide bonds. The number of hydrogen-bond acceptors (Lipinski definition) is 3. The Morgan fingerprint density at radius 1 is 1.35 bits per heavy atom. The molecule has 1 saturated carbocycles. The third-order valence-electron chi connectivity index (χ3n) is 3.35. The van der Waals surface area contributed by atoms with Crippen LogP contribution in [-0.4, -0.2) is 43.6 Å². The number of halogens is 3. The minimum atomic E-state index is -4.55. The van der Waals surface area contributed by atoms with E-state index < -0.39 is 12.5 Å². The van der Waals surface area contributed by atoms with Gasteiger partial charge in [-0.15, -0.1) is 19.8 Å². The van der Waals surface area contributed by atoms with Crippen LogP contribution in [-0.2, 0) is 4.74 Å². The second kappa shape index (κ2) is 6.17. The van der Waals surface area contributed by atoms with Crippen LogP contribution in [0.1, 0.15) is 19.3 Å². The summed E-state index contributed by atoms with van der Waals surface area (Å²) in [6, 6.07) is 0. The molecule has 1 aliphatic carbocycles. The van der Waals surface area contributed by atoms with Gasteiger partial charge in [0.2, 0.25) is 0 Å². The molecule has 0 aromatic rings. The second-order valence-corrected chi connectivity index (χ2v) is 4.85. The van der Waals surface area contributed by atoms with Crippen molar-refractivity contribution in [2.24, 2.45) is 5.41 Å². The summed E-state index contributed by atoms with van der Waals surface area (Å²) in [6.45, 7) is 1.41. The maximum absolute atomic E-state index is 12.0. The molecule has 1 atom stereocenters. The Bertz CT molecular complexity index is 258. The molecule has 1 unspecified atom stereocenters. The zero-order valence-corrected chi connectivity index (χ0v) is 13.0. The van der Waals surface area contributed by atoms with Crippen molar-refractivity contribution in [1.29, 1.82) is 0 Å². The monoisotopic (exact) mass is 277 g/mol. The third kappa shape index (κ3) is 5.06. The Morgan fingerprint density at radius 3 is 2.47 bits per heavy atom. The molecule has 0 aromatic heterocycles. The van der Waals surface area contributed by atoms with Gasteiger partial charge in [-0.2, -0.15) is 0 Å². The maximum atomic E-state index is 12.0. The molecular formula is C10H15F3KNO2. The van der Waals surface area contributed by atoms with Gasteiger partial charge in [-0.25, -0.2) is 0 Å². The molecule has 1 heterocycles. The summed E-state index contributed by atoms with van der Waals surface area (Å²) in [5, 5.41) is 10.9. The molecule has 2 fully saturated rings. The van der Waals surface area contributed by atoms with Crippen LogP contribution in [0.25, 0.3) is 0 Å². The number of rotatable bonds is 4. The van der Waals surface area contributed by atoms with Crippen molar-refractivity contribution in [2.75, 3.05) is 26.2 Å². The number of nitrogens with zero attached hydrogens (tertiary/aromatic N) is 1. The molecule has 0 N–H and O–H groups in total. The Labute approximate surface area is 141 Å². The smallest absolute Gasteiger partial charge is 0.854 e. The van der Waals surface area contributed by atoms with E-state index in [1.807, 2.05) is 4.90 Å². The first-order valence-electron chi connectivity index (χ1n) is 5.47. The van der Waals surface area contributed by atoms with Gasteiger partial charge in [0.15, 0.2) is 0 Å². The fourth-order valence-electron chi connectivity index (χ4n) is 2.23. The van der Waals surface area contributed by atoms with Crippen LogP contribution in [0.4, 0.5) is 13.2 Å². The normalized spacial score (nSPS) is 27.9. The van der Waals surface area contributed by atoms with E-state index in [2.05, 4.69) is 4.74 Å². The van der Waals surface area contributed by atoms with E-state index in [1.165, 1.54) is 0 Å². The molecule has 0 bridgehead atoms. The summed E-state index contributed by atoms with van der Waals surface area (Å²) >= 11 is 0. The van der Waals surface area contributed by atoms with Crippen LogP contribution in [0.5, 0.6) is 0 Å². The minimum absolute atomic E-state index is 0. The van der Waals surface area contributed by atoms with Gasteiger partial charge in [-0.3, -0.25) is 4.74 Å². The van der Waals surface area contributed by atoms with Crippen molar-refractivity contribution >= 4 is 0 Å². The summed E-state index contributed by atoms with van der Waals surface area (Å²) < 4.78 is 39.9. The summed E-state index contributed by atoms with van der Waals surface area (Å²) in [4.78, 5) is 1.92. The predicted molar refractivity (Wildman–Crippen MR) is 48.5 cm³/mol. The van der Waals surface area contributed by atoms with Gasteiger partial charge < -0.3 is 10.0 Å². The third-order valence-corrected chi connectivity index (χ3v) is 3.35. The van der Waals surface area contributed by atoms with Gasteiger partial charge in [0.1, 0.15) is 0 Å². The molecule has 3 nitrogen and oxygen atoms in total. The minimum Gasteiger partial charge on any atom is -0.854 e.